The highest BCUT2D eigenvalue weighted by molar-refractivity contribution is 5.97. The third-order valence-electron chi connectivity index (χ3n) is 3.98. The van der Waals surface area contributed by atoms with Gasteiger partial charge in [-0.3, -0.25) is 4.79 Å². The van der Waals surface area contributed by atoms with E-state index in [1.54, 1.807) is 12.1 Å². The van der Waals surface area contributed by atoms with Crippen LogP contribution in [0.1, 0.15) is 36.0 Å². The first kappa shape index (κ1) is 14.7. The fourth-order valence-corrected chi connectivity index (χ4v) is 2.75. The predicted molar refractivity (Wildman–Crippen MR) is 76.9 cm³/mol. The minimum absolute atomic E-state index is 0.0385. The fraction of sp³-hybridized carbons (Fsp3) is 0.533. The van der Waals surface area contributed by atoms with Crippen molar-refractivity contribution in [2.45, 2.75) is 31.7 Å². The average Bonchev–Trinajstić information content (AvgIpc) is 2.48. The van der Waals surface area contributed by atoms with Crippen molar-refractivity contribution < 1.29 is 14.6 Å². The molecular formula is C15H22N2O3. The molecule has 1 aromatic carbocycles. The molecule has 1 aromatic rings. The molecule has 20 heavy (non-hydrogen) atoms. The van der Waals surface area contributed by atoms with E-state index in [0.717, 1.165) is 19.3 Å². The minimum atomic E-state index is -0.272. The summed E-state index contributed by atoms with van der Waals surface area (Å²) in [5.74, 6) is 0.558. The Morgan fingerprint density at radius 2 is 2.20 bits per heavy atom. The smallest absolute Gasteiger partial charge is 0.255 e. The third kappa shape index (κ3) is 3.22. The zero-order chi connectivity index (χ0) is 14.5. The predicted octanol–water partition coefficient (Wildman–Crippen LogP) is 1.65. The summed E-state index contributed by atoms with van der Waals surface area (Å²) in [5, 5.41) is 12.8. The Morgan fingerprint density at radius 3 is 2.90 bits per heavy atom. The van der Waals surface area contributed by atoms with E-state index in [2.05, 4.69) is 5.32 Å². The van der Waals surface area contributed by atoms with E-state index in [0.29, 0.717) is 18.2 Å². The van der Waals surface area contributed by atoms with Crippen LogP contribution in [0.4, 0.5) is 0 Å². The summed E-state index contributed by atoms with van der Waals surface area (Å²) < 4.78 is 5.08. The van der Waals surface area contributed by atoms with Gasteiger partial charge in [-0.25, -0.2) is 0 Å². The lowest BCUT2D eigenvalue weighted by Crippen LogP contribution is -2.44. The quantitative estimate of drug-likeness (QED) is 0.782. The topological polar surface area (TPSA) is 84.6 Å². The second-order valence-corrected chi connectivity index (χ2v) is 5.24. The Morgan fingerprint density at radius 1 is 1.45 bits per heavy atom. The van der Waals surface area contributed by atoms with Gasteiger partial charge >= 0.3 is 0 Å². The summed E-state index contributed by atoms with van der Waals surface area (Å²) in [6.45, 7) is 0.578. The second-order valence-electron chi connectivity index (χ2n) is 5.24. The van der Waals surface area contributed by atoms with Crippen LogP contribution in [0, 0.1) is 5.92 Å². The molecule has 4 N–H and O–H groups in total. The van der Waals surface area contributed by atoms with Crippen molar-refractivity contribution in [3.63, 3.8) is 0 Å². The minimum Gasteiger partial charge on any atom is -0.507 e. The molecule has 0 aromatic heterocycles. The first-order valence-corrected chi connectivity index (χ1v) is 7.03. The second kappa shape index (κ2) is 6.61. The molecule has 1 saturated carbocycles. The fourth-order valence-electron chi connectivity index (χ4n) is 2.75. The zero-order valence-electron chi connectivity index (χ0n) is 11.8. The number of carbonyl (C=O) groups excluding carboxylic acids is 1. The van der Waals surface area contributed by atoms with Crippen LogP contribution in [0.15, 0.2) is 18.2 Å². The van der Waals surface area contributed by atoms with E-state index in [4.69, 9.17) is 10.5 Å². The van der Waals surface area contributed by atoms with Crippen LogP contribution >= 0.6 is 0 Å². The Labute approximate surface area is 119 Å². The molecule has 5 heteroatoms. The van der Waals surface area contributed by atoms with E-state index in [-0.39, 0.29) is 23.3 Å². The van der Waals surface area contributed by atoms with Crippen LogP contribution in [0.5, 0.6) is 11.5 Å². The van der Waals surface area contributed by atoms with Crippen molar-refractivity contribution in [1.29, 1.82) is 0 Å². The van der Waals surface area contributed by atoms with Gasteiger partial charge in [-0.05, 0) is 43.5 Å². The molecule has 1 aliphatic carbocycles. The molecule has 0 saturated heterocycles. The van der Waals surface area contributed by atoms with Gasteiger partial charge < -0.3 is 20.9 Å². The van der Waals surface area contributed by atoms with Crippen LogP contribution < -0.4 is 15.8 Å². The van der Waals surface area contributed by atoms with Crippen molar-refractivity contribution in [3.05, 3.63) is 23.8 Å². The summed E-state index contributed by atoms with van der Waals surface area (Å²) in [5.41, 5.74) is 6.00. The Balaban J connectivity index is 2.11. The molecule has 2 rings (SSSR count). The highest BCUT2D eigenvalue weighted by atomic mass is 16.5. The number of benzene rings is 1. The summed E-state index contributed by atoms with van der Waals surface area (Å²) in [7, 11) is 1.53. The van der Waals surface area contributed by atoms with E-state index < -0.39 is 0 Å². The zero-order valence-corrected chi connectivity index (χ0v) is 11.8. The van der Waals surface area contributed by atoms with Crippen LogP contribution in [0.2, 0.25) is 0 Å². The molecule has 1 aliphatic rings. The number of rotatable bonds is 4. The summed E-state index contributed by atoms with van der Waals surface area (Å²) >= 11 is 0. The molecule has 2 unspecified atom stereocenters. The number of phenolic OH excluding ortho intramolecular Hbond substituents is 1. The van der Waals surface area contributed by atoms with Gasteiger partial charge in [-0.1, -0.05) is 12.8 Å². The number of amides is 1. The molecule has 110 valence electrons. The number of carbonyl (C=O) groups is 1. The largest absolute Gasteiger partial charge is 0.507 e. The normalized spacial score (nSPS) is 22.3. The number of hydrogen-bond acceptors (Lipinski definition) is 4. The van der Waals surface area contributed by atoms with E-state index in [9.17, 15) is 9.90 Å². The molecule has 0 spiro atoms. The summed E-state index contributed by atoms with van der Waals surface area (Å²) in [6.07, 6.45) is 4.26. The maximum absolute atomic E-state index is 12.3. The van der Waals surface area contributed by atoms with Crippen molar-refractivity contribution in [2.75, 3.05) is 13.7 Å². The van der Waals surface area contributed by atoms with Gasteiger partial charge in [0, 0.05) is 6.04 Å². The summed E-state index contributed by atoms with van der Waals surface area (Å²) in [4.78, 5) is 12.3. The number of nitrogens with one attached hydrogen (secondary N) is 1. The van der Waals surface area contributed by atoms with Gasteiger partial charge in [0.1, 0.15) is 11.5 Å². The number of aromatic hydroxyl groups is 1. The molecule has 0 heterocycles. The van der Waals surface area contributed by atoms with Gasteiger partial charge in [-0.15, -0.1) is 0 Å². The summed E-state index contributed by atoms with van der Waals surface area (Å²) in [6, 6.07) is 4.72. The standard InChI is InChI=1S/C15H22N2O3/c1-20-11-6-7-14(18)12(8-11)15(19)17-13-5-3-2-4-10(13)9-16/h6-8,10,13,18H,2-5,9,16H2,1H3,(H,17,19). The third-order valence-corrected chi connectivity index (χ3v) is 3.98. The van der Waals surface area contributed by atoms with Gasteiger partial charge in [0.05, 0.1) is 12.7 Å². The van der Waals surface area contributed by atoms with Gasteiger partial charge in [-0.2, -0.15) is 0 Å². The monoisotopic (exact) mass is 278 g/mol. The van der Waals surface area contributed by atoms with Crippen LogP contribution in [0.3, 0.4) is 0 Å². The highest BCUT2D eigenvalue weighted by Crippen LogP contribution is 2.26. The van der Waals surface area contributed by atoms with Gasteiger partial charge in [0.2, 0.25) is 0 Å². The van der Waals surface area contributed by atoms with Crippen LogP contribution in [-0.4, -0.2) is 30.7 Å². The number of phenols is 1. The van der Waals surface area contributed by atoms with Crippen molar-refractivity contribution >= 4 is 5.91 Å². The van der Waals surface area contributed by atoms with E-state index >= 15 is 0 Å². The number of ether oxygens (including phenoxy) is 1. The number of nitrogens with two attached hydrogens (primary N) is 1. The highest BCUT2D eigenvalue weighted by Gasteiger charge is 2.26. The van der Waals surface area contributed by atoms with Gasteiger partial charge in [0.25, 0.3) is 5.91 Å². The SMILES string of the molecule is COc1ccc(O)c(C(=O)NC2CCCCC2CN)c1. The Kier molecular flexibility index (Phi) is 4.84. The maximum Gasteiger partial charge on any atom is 0.255 e. The van der Waals surface area contributed by atoms with Gasteiger partial charge in [0.15, 0.2) is 0 Å². The molecule has 0 aliphatic heterocycles. The lowest BCUT2D eigenvalue weighted by atomic mass is 9.84. The lowest BCUT2D eigenvalue weighted by Gasteiger charge is -2.31. The van der Waals surface area contributed by atoms with Crippen molar-refractivity contribution in [3.8, 4) is 11.5 Å². The molecular weight excluding hydrogens is 256 g/mol. The first-order chi connectivity index (χ1) is 9.65. The molecule has 2 atom stereocenters. The Bertz CT molecular complexity index is 476. The molecule has 1 fully saturated rings. The maximum atomic E-state index is 12.3. The number of methoxy groups -OCH3 is 1. The van der Waals surface area contributed by atoms with Crippen LogP contribution in [0.25, 0.3) is 0 Å². The molecule has 1 amide bonds. The molecule has 0 bridgehead atoms. The Hall–Kier alpha value is -1.75. The van der Waals surface area contributed by atoms with Crippen molar-refractivity contribution in [2.24, 2.45) is 11.7 Å². The van der Waals surface area contributed by atoms with E-state index in [1.165, 1.54) is 19.6 Å². The first-order valence-electron chi connectivity index (χ1n) is 7.03. The lowest BCUT2D eigenvalue weighted by molar-refractivity contribution is 0.0905. The van der Waals surface area contributed by atoms with E-state index in [1.807, 2.05) is 0 Å². The van der Waals surface area contributed by atoms with Crippen LogP contribution in [-0.2, 0) is 0 Å². The number of hydrogen-bond donors (Lipinski definition) is 3. The molecule has 0 radical (unpaired) electrons. The van der Waals surface area contributed by atoms with Crippen molar-refractivity contribution in [1.82, 2.24) is 5.32 Å². The molecule has 5 nitrogen and oxygen atoms in total. The average molecular weight is 278 g/mol.